The molecule has 1 fully saturated rings. The van der Waals surface area contributed by atoms with Crippen LogP contribution in [0.1, 0.15) is 69.7 Å². The minimum Gasteiger partial charge on any atom is -0.493 e. The van der Waals surface area contributed by atoms with Crippen molar-refractivity contribution in [2.24, 2.45) is 5.92 Å². The van der Waals surface area contributed by atoms with Crippen molar-refractivity contribution in [2.75, 3.05) is 18.1 Å². The second kappa shape index (κ2) is 10.3. The first-order valence-electron chi connectivity index (χ1n) is 12.3. The molecular formula is C27H35N3O3. The third-order valence-electron chi connectivity index (χ3n) is 6.98. The summed E-state index contributed by atoms with van der Waals surface area (Å²) in [7, 11) is 0. The van der Waals surface area contributed by atoms with E-state index in [0.717, 1.165) is 53.9 Å². The van der Waals surface area contributed by atoms with Crippen molar-refractivity contribution in [1.82, 2.24) is 9.97 Å². The number of hydrogen-bond acceptors (Lipinski definition) is 4. The topological polar surface area (TPSA) is 67.5 Å². The van der Waals surface area contributed by atoms with Crippen molar-refractivity contribution in [3.8, 4) is 5.75 Å². The lowest BCUT2D eigenvalue weighted by Gasteiger charge is -2.26. The molecule has 1 amide bonds. The van der Waals surface area contributed by atoms with Gasteiger partial charge in [-0.05, 0) is 66.1 Å². The van der Waals surface area contributed by atoms with Gasteiger partial charge >= 0.3 is 6.09 Å². The Morgan fingerprint density at radius 3 is 2.64 bits per heavy atom. The molecule has 6 nitrogen and oxygen atoms in total. The van der Waals surface area contributed by atoms with Gasteiger partial charge in [0.05, 0.1) is 35.7 Å². The number of H-pyrrole nitrogens is 1. The number of carbonyl (C=O) groups is 1. The molecule has 1 atom stereocenters. The Bertz CT molecular complexity index is 1100. The summed E-state index contributed by atoms with van der Waals surface area (Å²) in [6, 6.07) is 9.86. The zero-order valence-electron chi connectivity index (χ0n) is 20.2. The molecular weight excluding hydrogens is 414 g/mol. The molecule has 0 saturated carbocycles. The molecule has 33 heavy (non-hydrogen) atoms. The lowest BCUT2D eigenvalue weighted by atomic mass is 9.91. The zero-order valence-corrected chi connectivity index (χ0v) is 20.2. The second-order valence-corrected chi connectivity index (χ2v) is 8.70. The molecule has 3 aromatic rings. The van der Waals surface area contributed by atoms with Crippen molar-refractivity contribution >= 4 is 22.8 Å². The maximum atomic E-state index is 12.8. The summed E-state index contributed by atoms with van der Waals surface area (Å²) in [5.74, 6) is 1.68. The number of imidazole rings is 1. The van der Waals surface area contributed by atoms with E-state index in [0.29, 0.717) is 12.5 Å². The molecule has 6 heteroatoms. The molecule has 4 rings (SSSR count). The van der Waals surface area contributed by atoms with Crippen LogP contribution in [0.2, 0.25) is 0 Å². The Balaban J connectivity index is 1.64. The number of amides is 1. The van der Waals surface area contributed by atoms with Gasteiger partial charge < -0.3 is 14.5 Å². The highest BCUT2D eigenvalue weighted by Crippen LogP contribution is 2.39. The number of carbonyl (C=O) groups excluding carboxylic acids is 1. The number of aromatic amines is 1. The summed E-state index contributed by atoms with van der Waals surface area (Å²) in [4.78, 5) is 21.9. The van der Waals surface area contributed by atoms with Crippen LogP contribution in [0.25, 0.3) is 11.0 Å². The van der Waals surface area contributed by atoms with Crippen LogP contribution < -0.4 is 9.64 Å². The standard InChI is InChI=1S/C27H35N3O3/c1-5-18(6-2)13-14-32-26-12-10-22(20(7-3)21(26)8-4)25-16-33-27(31)30(25)19-9-11-23-24(15-19)29-17-28-23/h9-12,15,17-18,25H,5-8,13-14,16H2,1-4H3,(H,28,29)/t25-/m0/s1. The van der Waals surface area contributed by atoms with Crippen LogP contribution in [0.5, 0.6) is 5.75 Å². The summed E-state index contributed by atoms with van der Waals surface area (Å²) in [5, 5.41) is 0. The second-order valence-electron chi connectivity index (χ2n) is 8.70. The fourth-order valence-electron chi connectivity index (χ4n) is 4.98. The van der Waals surface area contributed by atoms with E-state index in [4.69, 9.17) is 9.47 Å². The van der Waals surface area contributed by atoms with Crippen LogP contribution in [-0.4, -0.2) is 29.3 Å². The Morgan fingerprint density at radius 2 is 1.91 bits per heavy atom. The van der Waals surface area contributed by atoms with E-state index in [1.807, 2.05) is 18.2 Å². The minimum absolute atomic E-state index is 0.170. The first-order chi connectivity index (χ1) is 16.1. The molecule has 1 aromatic heterocycles. The van der Waals surface area contributed by atoms with Gasteiger partial charge in [-0.1, -0.05) is 46.6 Å². The van der Waals surface area contributed by atoms with Crippen LogP contribution in [0.4, 0.5) is 10.5 Å². The summed E-state index contributed by atoms with van der Waals surface area (Å²) >= 11 is 0. The highest BCUT2D eigenvalue weighted by molar-refractivity contribution is 5.93. The SMILES string of the molecule is CCc1c(OCCC(CC)CC)ccc([C@@H]2COC(=O)N2c2ccc3nc[nH]c3c2)c1CC. The molecule has 1 N–H and O–H groups in total. The van der Waals surface area contributed by atoms with Crippen LogP contribution in [0.15, 0.2) is 36.7 Å². The Kier molecular flexibility index (Phi) is 7.21. The van der Waals surface area contributed by atoms with Gasteiger partial charge in [0.1, 0.15) is 12.4 Å². The number of cyclic esters (lactones) is 1. The summed E-state index contributed by atoms with van der Waals surface area (Å²) in [5.41, 5.74) is 6.22. The summed E-state index contributed by atoms with van der Waals surface area (Å²) < 4.78 is 11.8. The molecule has 0 unspecified atom stereocenters. The maximum Gasteiger partial charge on any atom is 0.415 e. The van der Waals surface area contributed by atoms with E-state index in [2.05, 4.69) is 49.8 Å². The Hall–Kier alpha value is -3.02. The number of ether oxygens (including phenoxy) is 2. The summed E-state index contributed by atoms with van der Waals surface area (Å²) in [6.07, 6.45) is 6.57. The normalized spacial score (nSPS) is 16.1. The van der Waals surface area contributed by atoms with Crippen molar-refractivity contribution in [3.05, 3.63) is 53.3 Å². The molecule has 2 aromatic carbocycles. The fourth-order valence-corrected chi connectivity index (χ4v) is 4.98. The van der Waals surface area contributed by atoms with Gasteiger partial charge in [-0.3, -0.25) is 4.90 Å². The van der Waals surface area contributed by atoms with Crippen molar-refractivity contribution in [2.45, 2.75) is 65.8 Å². The number of fused-ring (bicyclic) bond motifs is 1. The van der Waals surface area contributed by atoms with Crippen LogP contribution >= 0.6 is 0 Å². The average Bonchev–Trinajstić information content (AvgIpc) is 3.46. The van der Waals surface area contributed by atoms with Gasteiger partial charge in [0, 0.05) is 0 Å². The van der Waals surface area contributed by atoms with Gasteiger partial charge in [-0.2, -0.15) is 0 Å². The monoisotopic (exact) mass is 449 g/mol. The van der Waals surface area contributed by atoms with Crippen molar-refractivity contribution < 1.29 is 14.3 Å². The van der Waals surface area contributed by atoms with Gasteiger partial charge in [0.2, 0.25) is 0 Å². The number of benzene rings is 2. The predicted molar refractivity (Wildman–Crippen MR) is 132 cm³/mol. The van der Waals surface area contributed by atoms with Gasteiger partial charge in [0.15, 0.2) is 0 Å². The third-order valence-corrected chi connectivity index (χ3v) is 6.98. The Morgan fingerprint density at radius 1 is 1.12 bits per heavy atom. The number of nitrogens with zero attached hydrogens (tertiary/aromatic N) is 2. The highest BCUT2D eigenvalue weighted by atomic mass is 16.6. The summed E-state index contributed by atoms with van der Waals surface area (Å²) in [6.45, 7) is 9.91. The van der Waals surface area contributed by atoms with Crippen molar-refractivity contribution in [3.63, 3.8) is 0 Å². The van der Waals surface area contributed by atoms with E-state index >= 15 is 0 Å². The predicted octanol–water partition coefficient (Wildman–Crippen LogP) is 6.59. The zero-order chi connectivity index (χ0) is 23.4. The van der Waals surface area contributed by atoms with E-state index in [1.165, 1.54) is 24.0 Å². The molecule has 0 bridgehead atoms. The molecule has 1 aliphatic rings. The molecule has 2 heterocycles. The van der Waals surface area contributed by atoms with Crippen molar-refractivity contribution in [1.29, 1.82) is 0 Å². The molecule has 0 aliphatic carbocycles. The van der Waals surface area contributed by atoms with E-state index in [9.17, 15) is 4.79 Å². The van der Waals surface area contributed by atoms with Crippen LogP contribution in [0.3, 0.4) is 0 Å². The van der Waals surface area contributed by atoms with Gasteiger partial charge in [0.25, 0.3) is 0 Å². The molecule has 176 valence electrons. The lowest BCUT2D eigenvalue weighted by Crippen LogP contribution is -2.28. The number of anilines is 1. The number of aromatic nitrogens is 2. The molecule has 1 aliphatic heterocycles. The number of hydrogen-bond donors (Lipinski definition) is 1. The molecule has 0 spiro atoms. The van der Waals surface area contributed by atoms with E-state index in [1.54, 1.807) is 11.2 Å². The highest BCUT2D eigenvalue weighted by Gasteiger charge is 2.37. The first kappa shape index (κ1) is 23.1. The van der Waals surface area contributed by atoms with E-state index in [-0.39, 0.29) is 12.1 Å². The first-order valence-corrected chi connectivity index (χ1v) is 12.3. The van der Waals surface area contributed by atoms with Crippen LogP contribution in [-0.2, 0) is 17.6 Å². The van der Waals surface area contributed by atoms with E-state index < -0.39 is 0 Å². The number of nitrogens with one attached hydrogen (secondary N) is 1. The largest absolute Gasteiger partial charge is 0.493 e. The van der Waals surface area contributed by atoms with Gasteiger partial charge in [-0.25, -0.2) is 9.78 Å². The maximum absolute atomic E-state index is 12.8. The fraction of sp³-hybridized carbons (Fsp3) is 0.481. The smallest absolute Gasteiger partial charge is 0.415 e. The minimum atomic E-state index is -0.315. The number of rotatable bonds is 10. The molecule has 0 radical (unpaired) electrons. The average molecular weight is 450 g/mol. The quantitative estimate of drug-likeness (QED) is 0.379. The Labute approximate surface area is 196 Å². The lowest BCUT2D eigenvalue weighted by molar-refractivity contribution is 0.179. The van der Waals surface area contributed by atoms with Gasteiger partial charge in [-0.15, -0.1) is 0 Å². The van der Waals surface area contributed by atoms with Crippen LogP contribution in [0, 0.1) is 5.92 Å². The molecule has 1 saturated heterocycles. The third kappa shape index (κ3) is 4.56.